The van der Waals surface area contributed by atoms with Crippen LogP contribution < -0.4 is 0 Å². The second-order valence-corrected chi connectivity index (χ2v) is 6.86. The Morgan fingerprint density at radius 2 is 1.70 bits per heavy atom. The van der Waals surface area contributed by atoms with Crippen LogP contribution in [-0.4, -0.2) is 47.5 Å². The summed E-state index contributed by atoms with van der Waals surface area (Å²) in [4.78, 5) is 9.76. The van der Waals surface area contributed by atoms with Crippen LogP contribution in [-0.2, 0) is 6.54 Å². The van der Waals surface area contributed by atoms with Crippen molar-refractivity contribution < 1.29 is 4.42 Å². The minimum Gasteiger partial charge on any atom is -0.441 e. The Hall–Kier alpha value is -1.65. The van der Waals surface area contributed by atoms with Crippen LogP contribution in [0.15, 0.2) is 34.7 Å². The highest BCUT2D eigenvalue weighted by Gasteiger charge is 2.20. The second-order valence-electron chi connectivity index (χ2n) is 6.86. The van der Waals surface area contributed by atoms with Crippen molar-refractivity contribution >= 4 is 0 Å². The van der Waals surface area contributed by atoms with Gasteiger partial charge in [-0.25, -0.2) is 4.98 Å². The number of oxazole rings is 1. The number of nitrogens with zero attached hydrogens (tertiary/aromatic N) is 3. The van der Waals surface area contributed by atoms with E-state index in [0.29, 0.717) is 0 Å². The molecule has 0 saturated carbocycles. The number of benzene rings is 1. The number of aryl methyl sites for hydroxylation is 1. The summed E-state index contributed by atoms with van der Waals surface area (Å²) < 4.78 is 5.87. The molecule has 124 valence electrons. The average Bonchev–Trinajstić information content (AvgIpc) is 2.91. The van der Waals surface area contributed by atoms with Crippen molar-refractivity contribution in [1.29, 1.82) is 0 Å². The lowest BCUT2D eigenvalue weighted by Gasteiger charge is -2.35. The molecule has 1 saturated heterocycles. The summed E-state index contributed by atoms with van der Waals surface area (Å²) in [6, 6.07) is 10.1. The predicted octanol–water partition coefficient (Wildman–Crippen LogP) is 3.42. The lowest BCUT2D eigenvalue weighted by molar-refractivity contribution is 0.116. The van der Waals surface area contributed by atoms with E-state index in [1.165, 1.54) is 6.54 Å². The van der Waals surface area contributed by atoms with E-state index in [-0.39, 0.29) is 0 Å². The molecule has 23 heavy (non-hydrogen) atoms. The maximum atomic E-state index is 5.87. The molecule has 0 spiro atoms. The number of rotatable bonds is 5. The zero-order valence-corrected chi connectivity index (χ0v) is 14.5. The molecule has 4 nitrogen and oxygen atoms in total. The molecule has 0 atom stereocenters. The fraction of sp³-hybridized carbons (Fsp3) is 0.526. The fourth-order valence-electron chi connectivity index (χ4n) is 3.14. The van der Waals surface area contributed by atoms with E-state index in [0.717, 1.165) is 61.6 Å². The average molecular weight is 313 g/mol. The molecule has 0 amide bonds. The van der Waals surface area contributed by atoms with Crippen LogP contribution in [0.25, 0.3) is 11.5 Å². The van der Waals surface area contributed by atoms with Crippen LogP contribution in [0.2, 0.25) is 0 Å². The summed E-state index contributed by atoms with van der Waals surface area (Å²) in [6.45, 7) is 13.2. The highest BCUT2D eigenvalue weighted by atomic mass is 16.4. The normalized spacial score (nSPS) is 17.0. The first-order chi connectivity index (χ1) is 11.1. The molecule has 1 aromatic heterocycles. The van der Waals surface area contributed by atoms with Gasteiger partial charge in [0.15, 0.2) is 0 Å². The largest absolute Gasteiger partial charge is 0.441 e. The smallest absolute Gasteiger partial charge is 0.226 e. The summed E-state index contributed by atoms with van der Waals surface area (Å²) >= 11 is 0. The Bertz CT molecular complexity index is 613. The minimum atomic E-state index is 0.733. The fourth-order valence-corrected chi connectivity index (χ4v) is 3.14. The van der Waals surface area contributed by atoms with Crippen LogP contribution in [0.5, 0.6) is 0 Å². The van der Waals surface area contributed by atoms with Crippen molar-refractivity contribution in [3.63, 3.8) is 0 Å². The summed E-state index contributed by atoms with van der Waals surface area (Å²) in [5.74, 6) is 2.41. The van der Waals surface area contributed by atoms with Gasteiger partial charge in [-0.2, -0.15) is 0 Å². The lowest BCUT2D eigenvalue weighted by Crippen LogP contribution is -2.46. The molecule has 2 aromatic rings. The van der Waals surface area contributed by atoms with E-state index in [9.17, 15) is 0 Å². The van der Waals surface area contributed by atoms with Crippen molar-refractivity contribution in [2.45, 2.75) is 27.3 Å². The minimum absolute atomic E-state index is 0.733. The molecular formula is C19H27N3O. The van der Waals surface area contributed by atoms with Crippen molar-refractivity contribution in [3.05, 3.63) is 41.8 Å². The molecule has 0 radical (unpaired) electrons. The van der Waals surface area contributed by atoms with Crippen LogP contribution in [0.4, 0.5) is 0 Å². The topological polar surface area (TPSA) is 32.5 Å². The van der Waals surface area contributed by atoms with Gasteiger partial charge in [-0.1, -0.05) is 32.0 Å². The Kier molecular flexibility index (Phi) is 5.13. The number of hydrogen-bond acceptors (Lipinski definition) is 4. The predicted molar refractivity (Wildman–Crippen MR) is 93.2 cm³/mol. The van der Waals surface area contributed by atoms with Gasteiger partial charge in [0, 0.05) is 44.8 Å². The molecule has 4 heteroatoms. The van der Waals surface area contributed by atoms with Gasteiger partial charge in [-0.15, -0.1) is 0 Å². The van der Waals surface area contributed by atoms with Crippen molar-refractivity contribution in [2.24, 2.45) is 5.92 Å². The molecule has 1 aromatic carbocycles. The first-order valence-corrected chi connectivity index (χ1v) is 8.58. The summed E-state index contributed by atoms with van der Waals surface area (Å²) in [7, 11) is 0. The Morgan fingerprint density at radius 3 is 2.35 bits per heavy atom. The first-order valence-electron chi connectivity index (χ1n) is 8.58. The summed E-state index contributed by atoms with van der Waals surface area (Å²) in [6.07, 6.45) is 0. The van der Waals surface area contributed by atoms with E-state index in [2.05, 4.69) is 23.6 Å². The Morgan fingerprint density at radius 1 is 1.04 bits per heavy atom. The van der Waals surface area contributed by atoms with Crippen LogP contribution >= 0.6 is 0 Å². The molecule has 0 unspecified atom stereocenters. The van der Waals surface area contributed by atoms with Crippen LogP contribution in [0, 0.1) is 12.8 Å². The zero-order chi connectivity index (χ0) is 16.2. The third-order valence-electron chi connectivity index (χ3n) is 4.38. The van der Waals surface area contributed by atoms with E-state index in [1.54, 1.807) is 0 Å². The number of hydrogen-bond donors (Lipinski definition) is 0. The molecular weight excluding hydrogens is 286 g/mol. The highest BCUT2D eigenvalue weighted by molar-refractivity contribution is 5.53. The molecule has 1 aliphatic heterocycles. The van der Waals surface area contributed by atoms with Gasteiger partial charge in [0.1, 0.15) is 5.76 Å². The van der Waals surface area contributed by atoms with Gasteiger partial charge >= 0.3 is 0 Å². The van der Waals surface area contributed by atoms with Gasteiger partial charge < -0.3 is 9.32 Å². The Balaban J connectivity index is 1.60. The quantitative estimate of drug-likeness (QED) is 0.846. The number of piperazine rings is 1. The van der Waals surface area contributed by atoms with Gasteiger partial charge in [0.05, 0.1) is 5.69 Å². The first kappa shape index (κ1) is 16.2. The molecule has 0 N–H and O–H groups in total. The molecule has 2 heterocycles. The summed E-state index contributed by atoms with van der Waals surface area (Å²) in [5, 5.41) is 0. The number of aromatic nitrogens is 1. The van der Waals surface area contributed by atoms with E-state index >= 15 is 0 Å². The van der Waals surface area contributed by atoms with Gasteiger partial charge in [0.25, 0.3) is 0 Å². The highest BCUT2D eigenvalue weighted by Crippen LogP contribution is 2.22. The van der Waals surface area contributed by atoms with E-state index < -0.39 is 0 Å². The zero-order valence-electron chi connectivity index (χ0n) is 14.5. The van der Waals surface area contributed by atoms with Gasteiger partial charge in [-0.05, 0) is 25.0 Å². The third kappa shape index (κ3) is 4.21. The van der Waals surface area contributed by atoms with E-state index in [4.69, 9.17) is 9.40 Å². The monoisotopic (exact) mass is 313 g/mol. The second kappa shape index (κ2) is 7.28. The van der Waals surface area contributed by atoms with Crippen LogP contribution in [0.1, 0.15) is 25.3 Å². The molecule has 1 aliphatic rings. The van der Waals surface area contributed by atoms with Crippen molar-refractivity contribution in [1.82, 2.24) is 14.8 Å². The van der Waals surface area contributed by atoms with Crippen LogP contribution in [0.3, 0.4) is 0 Å². The maximum absolute atomic E-state index is 5.87. The molecule has 0 bridgehead atoms. The summed E-state index contributed by atoms with van der Waals surface area (Å²) in [5.41, 5.74) is 2.12. The molecule has 0 aliphatic carbocycles. The third-order valence-corrected chi connectivity index (χ3v) is 4.38. The maximum Gasteiger partial charge on any atom is 0.226 e. The van der Waals surface area contributed by atoms with Gasteiger partial charge in [-0.3, -0.25) is 4.90 Å². The molecule has 3 rings (SSSR count). The SMILES string of the molecule is Cc1oc(-c2ccccc2)nc1CN1CCN(CC(C)C)CC1. The Labute approximate surface area is 139 Å². The van der Waals surface area contributed by atoms with Crippen molar-refractivity contribution in [2.75, 3.05) is 32.7 Å². The standard InChI is InChI=1S/C19H27N3O/c1-15(2)13-21-9-11-22(12-10-21)14-18-16(3)23-19(20-18)17-7-5-4-6-8-17/h4-8,15H,9-14H2,1-3H3. The van der Waals surface area contributed by atoms with Gasteiger partial charge in [0.2, 0.25) is 5.89 Å². The lowest BCUT2D eigenvalue weighted by atomic mass is 10.2. The van der Waals surface area contributed by atoms with E-state index in [1.807, 2.05) is 37.3 Å². The van der Waals surface area contributed by atoms with Crippen molar-refractivity contribution in [3.8, 4) is 11.5 Å². The molecule has 1 fully saturated rings.